The number of nitrogen functional groups attached to an aromatic ring is 1. The normalized spacial score (nSPS) is 18.9. The van der Waals surface area contributed by atoms with Crippen LogP contribution in [-0.4, -0.2) is 72.3 Å². The van der Waals surface area contributed by atoms with Gasteiger partial charge in [-0.15, -0.1) is 11.8 Å². The van der Waals surface area contributed by atoms with Crippen molar-refractivity contribution in [3.05, 3.63) is 40.2 Å². The number of carbonyl (C=O) groups is 4. The molecular formula is C22H23N9O6S3. The third kappa shape index (κ3) is 4.88. The zero-order valence-corrected chi connectivity index (χ0v) is 23.6. The number of imidazole rings is 1. The average Bonchev–Trinajstić information content (AvgIpc) is 3.62. The summed E-state index contributed by atoms with van der Waals surface area (Å²) in [6.07, 6.45) is 2.46. The maximum Gasteiger partial charge on any atom is 0.282 e. The lowest BCUT2D eigenvalue weighted by Gasteiger charge is -2.50. The number of thioether (sulfide) groups is 1. The Morgan fingerprint density at radius 1 is 1.43 bits per heavy atom. The van der Waals surface area contributed by atoms with Crippen molar-refractivity contribution in [1.82, 2.24) is 29.3 Å². The Balaban J connectivity index is 1.39. The predicted molar refractivity (Wildman–Crippen MR) is 143 cm³/mol. The van der Waals surface area contributed by atoms with Crippen LogP contribution >= 0.6 is 34.6 Å². The van der Waals surface area contributed by atoms with Crippen LogP contribution in [0.25, 0.3) is 4.83 Å². The third-order valence-electron chi connectivity index (χ3n) is 6.16. The molecule has 40 heavy (non-hydrogen) atoms. The van der Waals surface area contributed by atoms with Gasteiger partial charge in [0.25, 0.3) is 17.6 Å². The van der Waals surface area contributed by atoms with Crippen LogP contribution in [-0.2, 0) is 37.1 Å². The van der Waals surface area contributed by atoms with Crippen LogP contribution in [0.4, 0.5) is 5.13 Å². The molecule has 4 N–H and O–H groups in total. The Kier molecular flexibility index (Phi) is 7.72. The fourth-order valence-corrected chi connectivity index (χ4v) is 7.19. The molecule has 0 saturated carbocycles. The van der Waals surface area contributed by atoms with Crippen molar-refractivity contribution in [3.8, 4) is 0 Å². The number of hydrogen-bond acceptors (Lipinski definition) is 13. The molecule has 2 atom stereocenters. The molecule has 1 fully saturated rings. The van der Waals surface area contributed by atoms with Gasteiger partial charge in [0, 0.05) is 28.2 Å². The van der Waals surface area contributed by atoms with E-state index in [2.05, 4.69) is 25.1 Å². The second-order valence-corrected chi connectivity index (χ2v) is 11.4. The zero-order valence-electron chi connectivity index (χ0n) is 21.2. The quantitative estimate of drug-likeness (QED) is 0.0730. The fraction of sp³-hybridized carbons (Fsp3) is 0.364. The molecule has 3 aromatic rings. The summed E-state index contributed by atoms with van der Waals surface area (Å²) < 4.78 is 7.81. The zero-order chi connectivity index (χ0) is 28.6. The summed E-state index contributed by atoms with van der Waals surface area (Å²) in [4.78, 5) is 60.5. The van der Waals surface area contributed by atoms with E-state index < -0.39 is 29.2 Å². The summed E-state index contributed by atoms with van der Waals surface area (Å²) in [6.45, 7) is 4.18. The summed E-state index contributed by atoms with van der Waals surface area (Å²) in [5, 5.41) is 22.7. The number of fused-ring (bicyclic) bond motifs is 2. The van der Waals surface area contributed by atoms with Gasteiger partial charge in [-0.1, -0.05) is 16.5 Å². The maximum atomic E-state index is 13.2. The highest BCUT2D eigenvalue weighted by Crippen LogP contribution is 2.40. The van der Waals surface area contributed by atoms with Crippen molar-refractivity contribution >= 4 is 74.5 Å². The van der Waals surface area contributed by atoms with Crippen molar-refractivity contribution in [2.45, 2.75) is 38.4 Å². The number of anilines is 1. The molecule has 0 radical (unpaired) electrons. The van der Waals surface area contributed by atoms with Gasteiger partial charge in [-0.05, 0) is 13.8 Å². The molecule has 3 aromatic heterocycles. The number of carbonyl (C=O) groups excluding carboxylic acids is 4. The molecular weight excluding hydrogens is 583 g/mol. The summed E-state index contributed by atoms with van der Waals surface area (Å²) in [7, 11) is 0. The minimum Gasteiger partial charge on any atom is -0.543 e. The molecule has 0 bridgehead atoms. The van der Waals surface area contributed by atoms with Crippen LogP contribution in [0, 0.1) is 6.92 Å². The average molecular weight is 606 g/mol. The van der Waals surface area contributed by atoms with E-state index in [9.17, 15) is 24.3 Å². The van der Waals surface area contributed by atoms with Gasteiger partial charge in [0.05, 0.1) is 11.7 Å². The van der Waals surface area contributed by atoms with E-state index in [4.69, 9.17) is 10.6 Å². The number of nitrogens with zero attached hydrogens (tertiary/aromatic N) is 6. The summed E-state index contributed by atoms with van der Waals surface area (Å²) >= 11 is 3.70. The highest BCUT2D eigenvalue weighted by molar-refractivity contribution is 8.00. The maximum absolute atomic E-state index is 13.2. The molecule has 0 aliphatic carbocycles. The molecule has 1 saturated heterocycles. The van der Waals surface area contributed by atoms with Crippen molar-refractivity contribution in [1.29, 1.82) is 0 Å². The van der Waals surface area contributed by atoms with E-state index in [0.717, 1.165) is 32.8 Å². The van der Waals surface area contributed by atoms with Crippen LogP contribution in [0.5, 0.6) is 0 Å². The number of nitrogens with one attached hydrogen (secondary N) is 2. The van der Waals surface area contributed by atoms with Crippen molar-refractivity contribution in [2.24, 2.45) is 5.16 Å². The van der Waals surface area contributed by atoms with Gasteiger partial charge < -0.3 is 31.1 Å². The summed E-state index contributed by atoms with van der Waals surface area (Å²) in [5.41, 5.74) is 6.57. The number of amides is 3. The summed E-state index contributed by atoms with van der Waals surface area (Å²) in [5.74, 6) is -1.90. The Hall–Kier alpha value is -4.03. The minimum absolute atomic E-state index is 0.0504. The number of nitrogens with two attached hydrogens (primary N) is 1. The molecule has 18 heteroatoms. The topological polar surface area (TPSA) is 200 Å². The van der Waals surface area contributed by atoms with Gasteiger partial charge in [-0.3, -0.25) is 19.3 Å². The van der Waals surface area contributed by atoms with E-state index in [1.807, 2.05) is 27.5 Å². The number of thiazole rings is 1. The number of rotatable bonds is 11. The van der Waals surface area contributed by atoms with Crippen molar-refractivity contribution in [3.63, 3.8) is 0 Å². The molecule has 15 nitrogen and oxygen atoms in total. The van der Waals surface area contributed by atoms with Gasteiger partial charge in [0.15, 0.2) is 5.13 Å². The van der Waals surface area contributed by atoms with Gasteiger partial charge in [-0.25, -0.2) is 4.57 Å². The van der Waals surface area contributed by atoms with E-state index >= 15 is 0 Å². The lowest BCUT2D eigenvalue weighted by atomic mass is 10.0. The van der Waals surface area contributed by atoms with Gasteiger partial charge in [-0.2, -0.15) is 13.8 Å². The smallest absolute Gasteiger partial charge is 0.282 e. The fourth-order valence-electron chi connectivity index (χ4n) is 4.48. The number of hydrogen-bond donors (Lipinski definition) is 3. The van der Waals surface area contributed by atoms with Crippen molar-refractivity contribution < 1.29 is 33.7 Å². The number of carboxylic acid groups (broad SMARTS) is 1. The lowest BCUT2D eigenvalue weighted by molar-refractivity contribution is -0.695. The van der Waals surface area contributed by atoms with Crippen LogP contribution in [0.2, 0.25) is 0 Å². The molecule has 210 valence electrons. The number of aryl methyl sites for hydroxylation is 1. The number of β-lactam (4-membered cyclic amide) rings is 1. The largest absolute Gasteiger partial charge is 0.543 e. The van der Waals surface area contributed by atoms with E-state index in [1.165, 1.54) is 23.1 Å². The molecule has 0 aromatic carbocycles. The number of aliphatic carboxylic acids is 1. The first-order valence-electron chi connectivity index (χ1n) is 11.9. The first-order valence-corrected chi connectivity index (χ1v) is 14.6. The highest BCUT2D eigenvalue weighted by atomic mass is 32.2. The Morgan fingerprint density at radius 3 is 2.90 bits per heavy atom. The highest BCUT2D eigenvalue weighted by Gasteiger charge is 2.53. The molecule has 5 rings (SSSR count). The number of carboxylic acids is 1. The predicted octanol–water partition coefficient (Wildman–Crippen LogP) is -1.88. The van der Waals surface area contributed by atoms with E-state index in [-0.39, 0.29) is 47.8 Å². The van der Waals surface area contributed by atoms with Crippen LogP contribution in [0.15, 0.2) is 28.0 Å². The third-order valence-corrected chi connectivity index (χ3v) is 9.04. The Morgan fingerprint density at radius 2 is 2.23 bits per heavy atom. The molecule has 5 heterocycles. The van der Waals surface area contributed by atoms with Crippen molar-refractivity contribution in [2.75, 3.05) is 18.1 Å². The number of oxime groups is 1. The number of aromatic nitrogens is 4. The molecule has 0 spiro atoms. The van der Waals surface area contributed by atoms with Crippen LogP contribution in [0.1, 0.15) is 24.3 Å². The van der Waals surface area contributed by atoms with E-state index in [1.54, 1.807) is 6.92 Å². The first-order chi connectivity index (χ1) is 19.2. The van der Waals surface area contributed by atoms with Gasteiger partial charge in [0.2, 0.25) is 22.8 Å². The van der Waals surface area contributed by atoms with Gasteiger partial charge in [0.1, 0.15) is 43.0 Å². The van der Waals surface area contributed by atoms with Crippen LogP contribution in [0.3, 0.4) is 0 Å². The second-order valence-electron chi connectivity index (χ2n) is 8.64. The Labute approximate surface area is 238 Å². The first kappa shape index (κ1) is 27.5. The van der Waals surface area contributed by atoms with Gasteiger partial charge >= 0.3 is 0 Å². The minimum atomic E-state index is -1.50. The Bertz CT molecular complexity index is 1570. The standard InChI is InChI=1S/C22H23N9O6S3/c1-3-37-27-14(17-26-22(23)40-28-17)18(33)25-15-19(34)31-16(21(35)36)11(8-39-20(15)31)5-29-6-13-30(10(2)7-38-13)12(29)4-24-9-32/h6-7,9,15,20H,3-5,8H2,1-2H3,(H4-,23,24,25,26,28,32,33,35,36)/b27-14-/t15-,20-/m1/s1. The monoisotopic (exact) mass is 605 g/mol. The molecule has 3 amide bonds. The van der Waals surface area contributed by atoms with Crippen LogP contribution < -0.4 is 26.0 Å². The van der Waals surface area contributed by atoms with E-state index in [0.29, 0.717) is 12.0 Å². The SMILES string of the molecule is CCO/N=C(\C(=O)N[C@@H]1C(=O)N2C(C(=O)[O-])=C(C[n+]3cc4scc(C)n4c3CNC=O)CS[C@H]12)c1nsc(N)n1. The molecule has 2 aliphatic heterocycles. The molecule has 2 aliphatic rings. The lowest BCUT2D eigenvalue weighted by Crippen LogP contribution is -2.71. The second kappa shape index (κ2) is 11.2. The molecule has 0 unspecified atom stereocenters. The summed E-state index contributed by atoms with van der Waals surface area (Å²) in [6, 6.07) is -1.02.